The van der Waals surface area contributed by atoms with Gasteiger partial charge in [0.05, 0.1) is 12.5 Å². The van der Waals surface area contributed by atoms with E-state index in [1.807, 2.05) is 0 Å². The molecule has 0 spiro atoms. The first-order chi connectivity index (χ1) is 13.0. The Morgan fingerprint density at radius 2 is 1.96 bits per heavy atom. The minimum atomic E-state index is -5.08. The number of rotatable bonds is 3. The van der Waals surface area contributed by atoms with Crippen molar-refractivity contribution < 1.29 is 36.6 Å². The number of carboxylic acid groups (broad SMARTS) is 1. The van der Waals surface area contributed by atoms with Gasteiger partial charge in [-0.05, 0) is 37.0 Å². The lowest BCUT2D eigenvalue weighted by molar-refractivity contribution is -0.192. The molecule has 1 heterocycles. The van der Waals surface area contributed by atoms with E-state index >= 15 is 0 Å². The highest BCUT2D eigenvalue weighted by molar-refractivity contribution is 5.78. The zero-order chi connectivity index (χ0) is 21.1. The van der Waals surface area contributed by atoms with Gasteiger partial charge in [-0.1, -0.05) is 0 Å². The minimum Gasteiger partial charge on any atom is -0.475 e. The van der Waals surface area contributed by atoms with E-state index in [1.54, 1.807) is 13.1 Å². The number of imidazole rings is 1. The smallest absolute Gasteiger partial charge is 0.475 e. The number of hydrogen-bond acceptors (Lipinski definition) is 3. The fourth-order valence-electron chi connectivity index (χ4n) is 2.77. The highest BCUT2D eigenvalue weighted by Crippen LogP contribution is 2.33. The Morgan fingerprint density at radius 1 is 1.32 bits per heavy atom. The lowest BCUT2D eigenvalue weighted by Crippen LogP contribution is -2.28. The van der Waals surface area contributed by atoms with E-state index in [0.29, 0.717) is 29.7 Å². The highest BCUT2D eigenvalue weighted by atomic mass is 19.4. The molecule has 1 aliphatic rings. The predicted octanol–water partition coefficient (Wildman–Crippen LogP) is 2.98. The van der Waals surface area contributed by atoms with Gasteiger partial charge in [0.25, 0.3) is 0 Å². The van der Waals surface area contributed by atoms with Gasteiger partial charge in [0, 0.05) is 18.0 Å². The molecule has 152 valence electrons. The SMILES string of the molecule is Cc1ncc(CC(=O)NC2CCc3c(F)cc(F)cc32)[nH]1.O=C(O)C(F)(F)F. The summed E-state index contributed by atoms with van der Waals surface area (Å²) in [7, 11) is 0. The topological polar surface area (TPSA) is 95.1 Å². The monoisotopic (exact) mass is 405 g/mol. The molecule has 0 saturated heterocycles. The van der Waals surface area contributed by atoms with E-state index < -0.39 is 23.8 Å². The summed E-state index contributed by atoms with van der Waals surface area (Å²) in [5.41, 5.74) is 1.76. The van der Waals surface area contributed by atoms with Crippen molar-refractivity contribution in [3.63, 3.8) is 0 Å². The molecular formula is C17H16F5N3O3. The van der Waals surface area contributed by atoms with Crippen LogP contribution in [0.4, 0.5) is 22.0 Å². The maximum absolute atomic E-state index is 13.6. The Labute approximate surface area is 155 Å². The lowest BCUT2D eigenvalue weighted by Gasteiger charge is -2.14. The van der Waals surface area contributed by atoms with Crippen LogP contribution in [0.15, 0.2) is 18.3 Å². The molecule has 1 aromatic heterocycles. The first-order valence-corrected chi connectivity index (χ1v) is 8.05. The van der Waals surface area contributed by atoms with Gasteiger partial charge in [0.2, 0.25) is 5.91 Å². The van der Waals surface area contributed by atoms with Crippen LogP contribution in [0, 0.1) is 18.6 Å². The predicted molar refractivity (Wildman–Crippen MR) is 86.3 cm³/mol. The third-order valence-electron chi connectivity index (χ3n) is 3.94. The lowest BCUT2D eigenvalue weighted by atomic mass is 10.1. The maximum atomic E-state index is 13.6. The van der Waals surface area contributed by atoms with Crippen LogP contribution < -0.4 is 5.32 Å². The van der Waals surface area contributed by atoms with Gasteiger partial charge in [0.15, 0.2) is 0 Å². The van der Waals surface area contributed by atoms with Gasteiger partial charge in [0.1, 0.15) is 17.5 Å². The van der Waals surface area contributed by atoms with Crippen LogP contribution in [0.5, 0.6) is 0 Å². The van der Waals surface area contributed by atoms with E-state index in [9.17, 15) is 26.7 Å². The Hall–Kier alpha value is -2.98. The number of hydrogen-bond donors (Lipinski definition) is 3. The van der Waals surface area contributed by atoms with Gasteiger partial charge in [-0.15, -0.1) is 0 Å². The number of benzene rings is 1. The molecule has 0 radical (unpaired) electrons. The second kappa shape index (κ2) is 8.36. The zero-order valence-corrected chi connectivity index (χ0v) is 14.5. The molecular weight excluding hydrogens is 389 g/mol. The van der Waals surface area contributed by atoms with E-state index in [4.69, 9.17) is 9.90 Å². The molecule has 1 aromatic carbocycles. The number of carboxylic acids is 1. The van der Waals surface area contributed by atoms with Crippen LogP contribution in [0.25, 0.3) is 0 Å². The third kappa shape index (κ3) is 5.51. The number of carbonyl (C=O) groups excluding carboxylic acids is 1. The van der Waals surface area contributed by atoms with Crippen LogP contribution in [-0.2, 0) is 22.4 Å². The molecule has 1 aliphatic carbocycles. The van der Waals surface area contributed by atoms with Crippen molar-refractivity contribution in [1.82, 2.24) is 15.3 Å². The number of carbonyl (C=O) groups is 2. The molecule has 3 N–H and O–H groups in total. The fraction of sp³-hybridized carbons (Fsp3) is 0.353. The minimum absolute atomic E-state index is 0.171. The van der Waals surface area contributed by atoms with Crippen molar-refractivity contribution in [2.24, 2.45) is 0 Å². The zero-order valence-electron chi connectivity index (χ0n) is 14.5. The summed E-state index contributed by atoms with van der Waals surface area (Å²) in [6, 6.07) is 1.86. The number of aromatic amines is 1. The van der Waals surface area contributed by atoms with E-state index in [1.165, 1.54) is 6.07 Å². The van der Waals surface area contributed by atoms with E-state index in [0.717, 1.165) is 11.9 Å². The Kier molecular flexibility index (Phi) is 6.37. The average Bonchev–Trinajstić information content (AvgIpc) is 3.14. The molecule has 0 fully saturated rings. The van der Waals surface area contributed by atoms with Gasteiger partial charge in [-0.2, -0.15) is 13.2 Å². The number of nitrogens with zero attached hydrogens (tertiary/aromatic N) is 1. The Morgan fingerprint density at radius 3 is 2.50 bits per heavy atom. The molecule has 0 saturated carbocycles. The normalized spacial score (nSPS) is 15.4. The quantitative estimate of drug-likeness (QED) is 0.685. The summed E-state index contributed by atoms with van der Waals surface area (Å²) in [5.74, 6) is -3.36. The second-order valence-corrected chi connectivity index (χ2v) is 6.09. The number of fused-ring (bicyclic) bond motifs is 1. The Bertz CT molecular complexity index is 879. The van der Waals surface area contributed by atoms with E-state index in [-0.39, 0.29) is 18.4 Å². The van der Waals surface area contributed by atoms with Crippen LogP contribution in [0.3, 0.4) is 0 Å². The summed E-state index contributed by atoms with van der Waals surface area (Å²) in [5, 5.41) is 9.95. The summed E-state index contributed by atoms with van der Waals surface area (Å²) in [6.07, 6.45) is -2.21. The first-order valence-electron chi connectivity index (χ1n) is 8.05. The summed E-state index contributed by atoms with van der Waals surface area (Å²) in [4.78, 5) is 27.9. The van der Waals surface area contributed by atoms with Crippen LogP contribution in [0.2, 0.25) is 0 Å². The van der Waals surface area contributed by atoms with Crippen molar-refractivity contribution in [3.05, 3.63) is 52.6 Å². The first kappa shape index (κ1) is 21.3. The van der Waals surface area contributed by atoms with Crippen molar-refractivity contribution >= 4 is 11.9 Å². The molecule has 2 aromatic rings. The molecule has 11 heteroatoms. The number of aliphatic carboxylic acids is 1. The van der Waals surface area contributed by atoms with Crippen LogP contribution >= 0.6 is 0 Å². The van der Waals surface area contributed by atoms with Gasteiger partial charge >= 0.3 is 12.1 Å². The molecule has 1 atom stereocenters. The standard InChI is InChI=1S/C15H15F2N3O.C2HF3O2/c1-8-18-7-10(19-8)6-15(21)20-14-3-2-11-12(14)4-9(16)5-13(11)17;3-2(4,5)1(6)7/h4-5,7,14H,2-3,6H2,1H3,(H,18,19)(H,20,21);(H,6,7). The summed E-state index contributed by atoms with van der Waals surface area (Å²) >= 11 is 0. The maximum Gasteiger partial charge on any atom is 0.490 e. The van der Waals surface area contributed by atoms with Crippen LogP contribution in [-0.4, -0.2) is 33.1 Å². The largest absolute Gasteiger partial charge is 0.490 e. The molecule has 0 bridgehead atoms. The number of aryl methyl sites for hydroxylation is 1. The molecule has 1 amide bonds. The average molecular weight is 405 g/mol. The van der Waals surface area contributed by atoms with E-state index in [2.05, 4.69) is 15.3 Å². The van der Waals surface area contributed by atoms with Crippen molar-refractivity contribution in [2.45, 2.75) is 38.4 Å². The number of H-pyrrole nitrogens is 1. The fourth-order valence-corrected chi connectivity index (χ4v) is 2.77. The molecule has 1 unspecified atom stereocenters. The summed E-state index contributed by atoms with van der Waals surface area (Å²) < 4.78 is 58.7. The van der Waals surface area contributed by atoms with Crippen molar-refractivity contribution in [2.75, 3.05) is 0 Å². The highest BCUT2D eigenvalue weighted by Gasteiger charge is 2.38. The van der Waals surface area contributed by atoms with Crippen LogP contribution in [0.1, 0.15) is 35.1 Å². The number of halogens is 5. The summed E-state index contributed by atoms with van der Waals surface area (Å²) in [6.45, 7) is 1.81. The number of nitrogens with one attached hydrogen (secondary N) is 2. The number of amides is 1. The molecule has 6 nitrogen and oxygen atoms in total. The van der Waals surface area contributed by atoms with Crippen molar-refractivity contribution in [1.29, 1.82) is 0 Å². The number of alkyl halides is 3. The third-order valence-corrected chi connectivity index (χ3v) is 3.94. The Balaban J connectivity index is 0.000000345. The van der Waals surface area contributed by atoms with Gasteiger partial charge in [-0.25, -0.2) is 18.6 Å². The van der Waals surface area contributed by atoms with Gasteiger partial charge < -0.3 is 15.4 Å². The molecule has 0 aliphatic heterocycles. The molecule has 3 rings (SSSR count). The second-order valence-electron chi connectivity index (χ2n) is 6.09. The van der Waals surface area contributed by atoms with Crippen molar-refractivity contribution in [3.8, 4) is 0 Å². The van der Waals surface area contributed by atoms with Gasteiger partial charge in [-0.3, -0.25) is 4.79 Å². The number of aromatic nitrogens is 2. The molecule has 28 heavy (non-hydrogen) atoms.